The molecule has 7 heteroatoms. The standard InChI is InChI=1S/C19H18ClFN2O3/c20-15-2-1-3-16(21)18(15)19(25)22-12-17(24)13-4-6-14(7-5-13)23-8-10-26-11-9-23/h1-7H,8-12H2,(H,22,25). The van der Waals surface area contributed by atoms with Gasteiger partial charge in [0.05, 0.1) is 30.3 Å². The molecule has 1 aliphatic rings. The van der Waals surface area contributed by atoms with Crippen LogP contribution in [0, 0.1) is 5.82 Å². The summed E-state index contributed by atoms with van der Waals surface area (Å²) < 4.78 is 19.0. The maximum Gasteiger partial charge on any atom is 0.256 e. The van der Waals surface area contributed by atoms with Gasteiger partial charge in [0.1, 0.15) is 5.82 Å². The molecule has 2 aromatic rings. The summed E-state index contributed by atoms with van der Waals surface area (Å²) in [4.78, 5) is 26.5. The zero-order valence-electron chi connectivity index (χ0n) is 14.0. The van der Waals surface area contributed by atoms with Gasteiger partial charge in [0, 0.05) is 24.3 Å². The largest absolute Gasteiger partial charge is 0.378 e. The molecule has 1 fully saturated rings. The number of Topliss-reactive ketones (excluding diaryl/α,β-unsaturated/α-hetero) is 1. The quantitative estimate of drug-likeness (QED) is 0.815. The molecule has 5 nitrogen and oxygen atoms in total. The van der Waals surface area contributed by atoms with Gasteiger partial charge in [-0.25, -0.2) is 4.39 Å². The third kappa shape index (κ3) is 4.20. The second kappa shape index (κ2) is 8.29. The number of amides is 1. The lowest BCUT2D eigenvalue weighted by atomic mass is 10.1. The molecule has 1 aliphatic heterocycles. The fourth-order valence-corrected chi connectivity index (χ4v) is 2.99. The Kier molecular flexibility index (Phi) is 5.85. The molecule has 0 bridgehead atoms. The minimum atomic E-state index is -0.725. The van der Waals surface area contributed by atoms with Crippen LogP contribution < -0.4 is 10.2 Å². The van der Waals surface area contributed by atoms with E-state index in [1.54, 1.807) is 12.1 Å². The number of anilines is 1. The van der Waals surface area contributed by atoms with Crippen LogP contribution in [-0.4, -0.2) is 44.5 Å². The van der Waals surface area contributed by atoms with Crippen LogP contribution >= 0.6 is 11.6 Å². The first-order chi connectivity index (χ1) is 12.6. The van der Waals surface area contributed by atoms with Gasteiger partial charge in [-0.1, -0.05) is 17.7 Å². The van der Waals surface area contributed by atoms with E-state index in [9.17, 15) is 14.0 Å². The van der Waals surface area contributed by atoms with E-state index in [4.69, 9.17) is 16.3 Å². The van der Waals surface area contributed by atoms with Gasteiger partial charge in [-0.05, 0) is 36.4 Å². The number of morpholine rings is 1. The van der Waals surface area contributed by atoms with Crippen molar-refractivity contribution in [1.29, 1.82) is 0 Å². The summed E-state index contributed by atoms with van der Waals surface area (Å²) >= 11 is 5.85. The van der Waals surface area contributed by atoms with E-state index in [0.29, 0.717) is 18.8 Å². The molecule has 136 valence electrons. The Bertz CT molecular complexity index is 785. The molecule has 2 aromatic carbocycles. The molecule has 0 atom stereocenters. The Morgan fingerprint density at radius 2 is 1.81 bits per heavy atom. The van der Waals surface area contributed by atoms with E-state index < -0.39 is 11.7 Å². The van der Waals surface area contributed by atoms with Crippen LogP contribution in [0.2, 0.25) is 5.02 Å². The monoisotopic (exact) mass is 376 g/mol. The van der Waals surface area contributed by atoms with E-state index in [-0.39, 0.29) is 22.9 Å². The SMILES string of the molecule is O=C(CNC(=O)c1c(F)cccc1Cl)c1ccc(N2CCOCC2)cc1. The van der Waals surface area contributed by atoms with Gasteiger partial charge in [-0.2, -0.15) is 0 Å². The first kappa shape index (κ1) is 18.4. The first-order valence-corrected chi connectivity index (χ1v) is 8.62. The van der Waals surface area contributed by atoms with Crippen LogP contribution in [0.3, 0.4) is 0 Å². The Morgan fingerprint density at radius 1 is 1.12 bits per heavy atom. The lowest BCUT2D eigenvalue weighted by Gasteiger charge is -2.28. The van der Waals surface area contributed by atoms with Crippen molar-refractivity contribution in [1.82, 2.24) is 5.32 Å². The molecular weight excluding hydrogens is 359 g/mol. The number of nitrogens with one attached hydrogen (secondary N) is 1. The number of carbonyl (C=O) groups excluding carboxylic acids is 2. The van der Waals surface area contributed by atoms with E-state index in [1.807, 2.05) is 12.1 Å². The van der Waals surface area contributed by atoms with Gasteiger partial charge in [0.2, 0.25) is 0 Å². The van der Waals surface area contributed by atoms with Crippen molar-refractivity contribution in [3.63, 3.8) is 0 Å². The number of hydrogen-bond donors (Lipinski definition) is 1. The predicted molar refractivity (Wildman–Crippen MR) is 97.5 cm³/mol. The van der Waals surface area contributed by atoms with Gasteiger partial charge in [0.15, 0.2) is 5.78 Å². The van der Waals surface area contributed by atoms with Gasteiger partial charge < -0.3 is 15.0 Å². The van der Waals surface area contributed by atoms with E-state index in [0.717, 1.165) is 24.8 Å². The average Bonchev–Trinajstić information content (AvgIpc) is 2.67. The summed E-state index contributed by atoms with van der Waals surface area (Å²) in [6, 6.07) is 11.2. The highest BCUT2D eigenvalue weighted by Crippen LogP contribution is 2.19. The van der Waals surface area contributed by atoms with Gasteiger partial charge >= 0.3 is 0 Å². The van der Waals surface area contributed by atoms with Gasteiger partial charge in [-0.15, -0.1) is 0 Å². The lowest BCUT2D eigenvalue weighted by molar-refractivity contribution is 0.0901. The van der Waals surface area contributed by atoms with Crippen LogP contribution in [0.25, 0.3) is 0 Å². The molecule has 3 rings (SSSR count). The molecule has 0 aromatic heterocycles. The first-order valence-electron chi connectivity index (χ1n) is 8.24. The highest BCUT2D eigenvalue weighted by Gasteiger charge is 2.17. The second-order valence-electron chi connectivity index (χ2n) is 5.85. The number of ether oxygens (including phenoxy) is 1. The van der Waals surface area contributed by atoms with Gasteiger partial charge in [0.25, 0.3) is 5.91 Å². The number of halogens is 2. The fraction of sp³-hybridized carbons (Fsp3) is 0.263. The van der Waals surface area contributed by atoms with Crippen molar-refractivity contribution in [2.45, 2.75) is 0 Å². The number of rotatable bonds is 5. The number of carbonyl (C=O) groups is 2. The maximum atomic E-state index is 13.7. The van der Waals surface area contributed by atoms with E-state index in [2.05, 4.69) is 10.2 Å². The number of ketones is 1. The summed E-state index contributed by atoms with van der Waals surface area (Å²) in [6.07, 6.45) is 0. The fourth-order valence-electron chi connectivity index (χ4n) is 2.75. The van der Waals surface area contributed by atoms with E-state index >= 15 is 0 Å². The number of nitrogens with zero attached hydrogens (tertiary/aromatic N) is 1. The van der Waals surface area contributed by atoms with Crippen molar-refractivity contribution in [2.75, 3.05) is 37.7 Å². The number of benzene rings is 2. The minimum absolute atomic E-state index is 0.00446. The maximum absolute atomic E-state index is 13.7. The minimum Gasteiger partial charge on any atom is -0.378 e. The highest BCUT2D eigenvalue weighted by atomic mass is 35.5. The predicted octanol–water partition coefficient (Wildman–Crippen LogP) is 2.93. The molecule has 0 unspecified atom stereocenters. The topological polar surface area (TPSA) is 58.6 Å². The molecule has 1 amide bonds. The van der Waals surface area contributed by atoms with Crippen LogP contribution in [-0.2, 0) is 4.74 Å². The van der Waals surface area contributed by atoms with Crippen LogP contribution in [0.15, 0.2) is 42.5 Å². The van der Waals surface area contributed by atoms with Crippen LogP contribution in [0.5, 0.6) is 0 Å². The molecule has 1 saturated heterocycles. The third-order valence-corrected chi connectivity index (χ3v) is 4.48. The Morgan fingerprint density at radius 3 is 2.46 bits per heavy atom. The molecule has 1 N–H and O–H groups in total. The van der Waals surface area contributed by atoms with Crippen molar-refractivity contribution in [3.8, 4) is 0 Å². The molecular formula is C19H18ClFN2O3. The normalized spacial score (nSPS) is 14.2. The zero-order valence-corrected chi connectivity index (χ0v) is 14.8. The smallest absolute Gasteiger partial charge is 0.256 e. The Labute approximate surface area is 155 Å². The van der Waals surface area contributed by atoms with E-state index in [1.165, 1.54) is 12.1 Å². The second-order valence-corrected chi connectivity index (χ2v) is 6.26. The van der Waals surface area contributed by atoms with Crippen molar-refractivity contribution in [3.05, 3.63) is 64.4 Å². The van der Waals surface area contributed by atoms with Crippen molar-refractivity contribution < 1.29 is 18.7 Å². The third-order valence-electron chi connectivity index (χ3n) is 4.16. The zero-order chi connectivity index (χ0) is 18.5. The molecule has 1 heterocycles. The summed E-state index contributed by atoms with van der Waals surface area (Å²) in [5.74, 6) is -1.71. The summed E-state index contributed by atoms with van der Waals surface area (Å²) in [7, 11) is 0. The average molecular weight is 377 g/mol. The van der Waals surface area contributed by atoms with Crippen LogP contribution in [0.4, 0.5) is 10.1 Å². The summed E-state index contributed by atoms with van der Waals surface area (Å²) in [5.41, 5.74) is 1.23. The molecule has 26 heavy (non-hydrogen) atoms. The Balaban J connectivity index is 1.60. The molecule has 0 radical (unpaired) electrons. The number of hydrogen-bond acceptors (Lipinski definition) is 4. The molecule has 0 spiro atoms. The highest BCUT2D eigenvalue weighted by molar-refractivity contribution is 6.33. The Hall–Kier alpha value is -2.44. The van der Waals surface area contributed by atoms with Crippen molar-refractivity contribution >= 4 is 29.0 Å². The summed E-state index contributed by atoms with van der Waals surface area (Å²) in [5, 5.41) is 2.42. The lowest BCUT2D eigenvalue weighted by Crippen LogP contribution is -2.36. The van der Waals surface area contributed by atoms with Gasteiger partial charge in [-0.3, -0.25) is 9.59 Å². The molecule has 0 aliphatic carbocycles. The van der Waals surface area contributed by atoms with Crippen molar-refractivity contribution in [2.24, 2.45) is 0 Å². The van der Waals surface area contributed by atoms with Crippen LogP contribution in [0.1, 0.15) is 20.7 Å². The summed E-state index contributed by atoms with van der Waals surface area (Å²) in [6.45, 7) is 2.76. The molecule has 0 saturated carbocycles.